The molecule has 36 heavy (non-hydrogen) atoms. The molecule has 5 rings (SSSR count). The Balaban J connectivity index is 1.43. The van der Waals surface area contributed by atoms with Gasteiger partial charge in [-0.2, -0.15) is 0 Å². The first-order valence-electron chi connectivity index (χ1n) is 12.6. The zero-order valence-corrected chi connectivity index (χ0v) is 23.0. The second-order valence-electron chi connectivity index (χ2n) is 9.90. The maximum Gasteiger partial charge on any atom is 0.163 e. The second-order valence-corrected chi connectivity index (χ2v) is 11.5. The fraction of sp³-hybridized carbons (Fsp3) is 0.481. The first-order valence-corrected chi connectivity index (χ1v) is 13.8. The molecule has 0 N–H and O–H groups in total. The highest BCUT2D eigenvalue weighted by atomic mass is 35.5. The number of rotatable bonds is 7. The molecular formula is C27H33ClN6OS. The second kappa shape index (κ2) is 10.5. The summed E-state index contributed by atoms with van der Waals surface area (Å²) in [4.78, 5) is 24.4. The molecule has 3 aromatic rings. The number of carbonyl (C=O) groups is 1. The van der Waals surface area contributed by atoms with Crippen LogP contribution in [0.2, 0.25) is 5.02 Å². The monoisotopic (exact) mass is 524 g/mol. The molecular weight excluding hydrogens is 492 g/mol. The van der Waals surface area contributed by atoms with E-state index >= 15 is 0 Å². The van der Waals surface area contributed by atoms with Crippen molar-refractivity contribution < 1.29 is 4.79 Å². The number of nitrogens with zero attached hydrogens (tertiary/aromatic N) is 6. The van der Waals surface area contributed by atoms with E-state index in [2.05, 4.69) is 45.5 Å². The number of Topliss-reactive ketones (excluding diaryl/α,β-unsaturated/α-hetero) is 1. The van der Waals surface area contributed by atoms with Crippen LogP contribution >= 0.6 is 22.9 Å². The number of benzene rings is 1. The van der Waals surface area contributed by atoms with Gasteiger partial charge in [-0.25, -0.2) is 0 Å². The molecule has 0 aliphatic carbocycles. The molecule has 2 aliphatic heterocycles. The first kappa shape index (κ1) is 25.3. The Kier molecular flexibility index (Phi) is 7.40. The molecule has 2 aliphatic rings. The summed E-state index contributed by atoms with van der Waals surface area (Å²) in [6.45, 7) is 11.5. The van der Waals surface area contributed by atoms with Crippen molar-refractivity contribution in [3.63, 3.8) is 0 Å². The van der Waals surface area contributed by atoms with Gasteiger partial charge in [-0.3, -0.25) is 14.4 Å². The summed E-state index contributed by atoms with van der Waals surface area (Å²) in [6, 6.07) is 7.41. The zero-order chi connectivity index (χ0) is 25.4. The van der Waals surface area contributed by atoms with Crippen LogP contribution in [0.15, 0.2) is 29.3 Å². The van der Waals surface area contributed by atoms with Gasteiger partial charge in [0.1, 0.15) is 22.7 Å². The Morgan fingerprint density at radius 2 is 1.81 bits per heavy atom. The van der Waals surface area contributed by atoms with Gasteiger partial charge >= 0.3 is 0 Å². The summed E-state index contributed by atoms with van der Waals surface area (Å²) in [5.74, 6) is 1.78. The molecule has 1 atom stereocenters. The van der Waals surface area contributed by atoms with Gasteiger partial charge in [0.25, 0.3) is 0 Å². The van der Waals surface area contributed by atoms with E-state index in [4.69, 9.17) is 16.6 Å². The third kappa shape index (κ3) is 5.05. The lowest BCUT2D eigenvalue weighted by Gasteiger charge is -2.32. The van der Waals surface area contributed by atoms with Gasteiger partial charge in [0.05, 0.1) is 5.71 Å². The van der Waals surface area contributed by atoms with E-state index < -0.39 is 0 Å². The average Bonchev–Trinajstić information content (AvgIpc) is 3.33. The number of aryl methyl sites for hydroxylation is 2. The van der Waals surface area contributed by atoms with Crippen molar-refractivity contribution in [2.45, 2.75) is 46.1 Å². The van der Waals surface area contributed by atoms with Crippen LogP contribution in [0.3, 0.4) is 0 Å². The van der Waals surface area contributed by atoms with Crippen molar-refractivity contribution in [1.29, 1.82) is 0 Å². The van der Waals surface area contributed by atoms with Gasteiger partial charge in [0.15, 0.2) is 5.82 Å². The molecule has 1 saturated heterocycles. The van der Waals surface area contributed by atoms with Crippen LogP contribution in [0.4, 0.5) is 0 Å². The van der Waals surface area contributed by atoms with Crippen molar-refractivity contribution in [3.05, 3.63) is 62.5 Å². The van der Waals surface area contributed by atoms with Gasteiger partial charge in [0, 0.05) is 60.0 Å². The highest BCUT2D eigenvalue weighted by Crippen LogP contribution is 2.39. The summed E-state index contributed by atoms with van der Waals surface area (Å²) >= 11 is 7.92. The van der Waals surface area contributed by atoms with E-state index in [1.54, 1.807) is 11.3 Å². The molecule has 0 spiro atoms. The van der Waals surface area contributed by atoms with E-state index in [0.29, 0.717) is 17.9 Å². The predicted molar refractivity (Wildman–Crippen MR) is 146 cm³/mol. The van der Waals surface area contributed by atoms with Crippen LogP contribution < -0.4 is 0 Å². The van der Waals surface area contributed by atoms with Gasteiger partial charge in [-0.1, -0.05) is 23.7 Å². The third-order valence-corrected chi connectivity index (χ3v) is 8.75. The van der Waals surface area contributed by atoms with Crippen molar-refractivity contribution >= 4 is 34.4 Å². The summed E-state index contributed by atoms with van der Waals surface area (Å²) in [7, 11) is 2.16. The third-order valence-electron chi connectivity index (χ3n) is 7.30. The standard InChI is InChI=1S/C27H33ClN6OS/c1-17-18(2)36-27-24(17)25(20-7-9-21(28)10-8-20)29-23(26-31-30-19(3)34(26)27)16-22(35)6-5-11-33-14-12-32(4)13-15-33/h7-10,23H,5-6,11-16H2,1-4H3. The fourth-order valence-electron chi connectivity index (χ4n) is 5.02. The lowest BCUT2D eigenvalue weighted by Crippen LogP contribution is -2.44. The number of likely N-dealkylation sites (N-methyl/N-ethyl adjacent to an activating group) is 1. The van der Waals surface area contributed by atoms with Crippen molar-refractivity contribution in [2.24, 2.45) is 4.99 Å². The van der Waals surface area contributed by atoms with Crippen molar-refractivity contribution in [3.8, 4) is 5.00 Å². The minimum absolute atomic E-state index is 0.221. The summed E-state index contributed by atoms with van der Waals surface area (Å²) in [6.07, 6.45) is 1.76. The van der Waals surface area contributed by atoms with Crippen molar-refractivity contribution in [2.75, 3.05) is 39.8 Å². The molecule has 0 bridgehead atoms. The van der Waals surface area contributed by atoms with E-state index in [9.17, 15) is 4.79 Å². The SMILES string of the molecule is Cc1sc2c(c1C)C(c1ccc(Cl)cc1)=NC(CC(=O)CCCN1CCN(C)CC1)c1nnc(C)n1-2. The average molecular weight is 525 g/mol. The van der Waals surface area contributed by atoms with E-state index in [1.165, 1.54) is 10.4 Å². The first-order chi connectivity index (χ1) is 17.3. The number of hydrogen-bond donors (Lipinski definition) is 0. The Bertz CT molecular complexity index is 1290. The maximum atomic E-state index is 13.2. The number of carbonyl (C=O) groups excluding carboxylic acids is 1. The highest BCUT2D eigenvalue weighted by Gasteiger charge is 2.32. The van der Waals surface area contributed by atoms with Crippen LogP contribution in [0.1, 0.15) is 58.5 Å². The maximum absolute atomic E-state index is 13.2. The molecule has 2 aromatic heterocycles. The van der Waals surface area contributed by atoms with Gasteiger partial charge in [-0.15, -0.1) is 21.5 Å². The van der Waals surface area contributed by atoms with Crippen LogP contribution in [0, 0.1) is 20.8 Å². The molecule has 0 amide bonds. The highest BCUT2D eigenvalue weighted by molar-refractivity contribution is 7.15. The molecule has 0 radical (unpaired) electrons. The minimum Gasteiger partial charge on any atom is -0.304 e. The normalized spacial score (nSPS) is 18.5. The molecule has 1 fully saturated rings. The number of aromatic nitrogens is 3. The number of aliphatic imine (C=N–C) groups is 1. The zero-order valence-electron chi connectivity index (χ0n) is 21.4. The van der Waals surface area contributed by atoms with Crippen LogP contribution in [-0.4, -0.2) is 75.8 Å². The summed E-state index contributed by atoms with van der Waals surface area (Å²) in [5, 5.41) is 10.7. The van der Waals surface area contributed by atoms with Crippen LogP contribution in [0.5, 0.6) is 0 Å². The minimum atomic E-state index is -0.382. The lowest BCUT2D eigenvalue weighted by atomic mass is 9.99. The fourth-order valence-corrected chi connectivity index (χ4v) is 6.36. The van der Waals surface area contributed by atoms with Gasteiger partial charge in [-0.05, 0) is 58.5 Å². The van der Waals surface area contributed by atoms with E-state index in [1.807, 2.05) is 31.2 Å². The van der Waals surface area contributed by atoms with Gasteiger partial charge in [0.2, 0.25) is 0 Å². The van der Waals surface area contributed by atoms with E-state index in [0.717, 1.165) is 72.6 Å². The number of fused-ring (bicyclic) bond motifs is 3. The Hall–Kier alpha value is -2.39. The van der Waals surface area contributed by atoms with Crippen LogP contribution in [0.25, 0.3) is 5.00 Å². The largest absolute Gasteiger partial charge is 0.304 e. The summed E-state index contributed by atoms with van der Waals surface area (Å²) in [5.41, 5.74) is 4.17. The smallest absolute Gasteiger partial charge is 0.163 e. The lowest BCUT2D eigenvalue weighted by molar-refractivity contribution is -0.119. The molecule has 1 unspecified atom stereocenters. The molecule has 4 heterocycles. The van der Waals surface area contributed by atoms with E-state index in [-0.39, 0.29) is 11.8 Å². The molecule has 1 aromatic carbocycles. The number of piperazine rings is 1. The summed E-state index contributed by atoms with van der Waals surface area (Å²) < 4.78 is 2.11. The topological polar surface area (TPSA) is 66.6 Å². The van der Waals surface area contributed by atoms with Crippen molar-refractivity contribution in [1.82, 2.24) is 24.6 Å². The Labute approximate surface area is 221 Å². The quantitative estimate of drug-likeness (QED) is 0.444. The Morgan fingerprint density at radius 1 is 1.08 bits per heavy atom. The number of hydrogen-bond acceptors (Lipinski definition) is 7. The molecule has 0 saturated carbocycles. The Morgan fingerprint density at radius 3 is 2.53 bits per heavy atom. The number of thiophene rings is 1. The number of ketones is 1. The molecule has 9 heteroatoms. The molecule has 7 nitrogen and oxygen atoms in total. The number of halogens is 1. The molecule has 190 valence electrons. The van der Waals surface area contributed by atoms with Crippen LogP contribution in [-0.2, 0) is 4.79 Å². The van der Waals surface area contributed by atoms with Gasteiger partial charge < -0.3 is 9.80 Å². The predicted octanol–water partition coefficient (Wildman–Crippen LogP) is 4.79.